The molecule has 0 unspecified atom stereocenters. The first-order chi connectivity index (χ1) is 8.26. The van der Waals surface area contributed by atoms with Crippen LogP contribution in [-0.2, 0) is 0 Å². The van der Waals surface area contributed by atoms with Gasteiger partial charge < -0.3 is 10.4 Å². The van der Waals surface area contributed by atoms with Crippen molar-refractivity contribution in [1.82, 2.24) is 0 Å². The SMILES string of the molecule is CC(C)(CO)CNc1cc(F)cc(F)c1[N+](=O)[O-]. The Balaban J connectivity index is 3.04. The van der Waals surface area contributed by atoms with E-state index in [1.165, 1.54) is 0 Å². The number of nitrogens with zero attached hydrogens (tertiary/aromatic N) is 1. The predicted octanol–water partition coefficient (Wildman–Crippen LogP) is 2.30. The highest BCUT2D eigenvalue weighted by Gasteiger charge is 2.24. The number of halogens is 2. The zero-order chi connectivity index (χ0) is 13.9. The molecule has 0 aliphatic heterocycles. The normalized spacial score (nSPS) is 11.4. The number of hydrogen-bond donors (Lipinski definition) is 2. The Morgan fingerprint density at radius 2 is 2.06 bits per heavy atom. The van der Waals surface area contributed by atoms with Crippen LogP contribution in [0.5, 0.6) is 0 Å². The van der Waals surface area contributed by atoms with Crippen LogP contribution in [0.3, 0.4) is 0 Å². The Labute approximate surface area is 103 Å². The number of aliphatic hydroxyl groups excluding tert-OH is 1. The maximum absolute atomic E-state index is 13.3. The monoisotopic (exact) mass is 260 g/mol. The van der Waals surface area contributed by atoms with Gasteiger partial charge in [-0.3, -0.25) is 10.1 Å². The Bertz CT molecular complexity index is 464. The summed E-state index contributed by atoms with van der Waals surface area (Å²) in [4.78, 5) is 9.79. The van der Waals surface area contributed by atoms with E-state index >= 15 is 0 Å². The van der Waals surface area contributed by atoms with E-state index in [1.54, 1.807) is 13.8 Å². The lowest BCUT2D eigenvalue weighted by molar-refractivity contribution is -0.386. The molecule has 0 amide bonds. The van der Waals surface area contributed by atoms with Gasteiger partial charge in [-0.1, -0.05) is 13.8 Å². The third-order valence-corrected chi connectivity index (χ3v) is 2.40. The van der Waals surface area contributed by atoms with Crippen molar-refractivity contribution >= 4 is 11.4 Å². The number of nitro groups is 1. The summed E-state index contributed by atoms with van der Waals surface area (Å²) in [6, 6.07) is 1.31. The van der Waals surface area contributed by atoms with E-state index in [2.05, 4.69) is 5.32 Å². The maximum atomic E-state index is 13.3. The molecule has 0 atom stereocenters. The second-order valence-electron chi connectivity index (χ2n) is 4.72. The fourth-order valence-corrected chi connectivity index (χ4v) is 1.28. The van der Waals surface area contributed by atoms with E-state index < -0.39 is 27.7 Å². The Kier molecular flexibility index (Phi) is 4.18. The van der Waals surface area contributed by atoms with Crippen molar-refractivity contribution < 1.29 is 18.8 Å². The number of anilines is 1. The zero-order valence-corrected chi connectivity index (χ0v) is 10.0. The number of rotatable bonds is 5. The summed E-state index contributed by atoms with van der Waals surface area (Å²) < 4.78 is 26.3. The van der Waals surface area contributed by atoms with Gasteiger partial charge in [0.25, 0.3) is 0 Å². The van der Waals surface area contributed by atoms with Crippen molar-refractivity contribution in [2.75, 3.05) is 18.5 Å². The van der Waals surface area contributed by atoms with Gasteiger partial charge in [-0.2, -0.15) is 4.39 Å². The molecule has 100 valence electrons. The van der Waals surface area contributed by atoms with Crippen LogP contribution in [0.25, 0.3) is 0 Å². The first-order valence-corrected chi connectivity index (χ1v) is 5.25. The molecular formula is C11H14F2N2O3. The lowest BCUT2D eigenvalue weighted by Gasteiger charge is -2.22. The largest absolute Gasteiger partial charge is 0.396 e. The Morgan fingerprint density at radius 3 is 2.56 bits per heavy atom. The molecule has 1 rings (SSSR count). The summed E-state index contributed by atoms with van der Waals surface area (Å²) in [6.45, 7) is 3.40. The first-order valence-electron chi connectivity index (χ1n) is 5.25. The summed E-state index contributed by atoms with van der Waals surface area (Å²) in [5, 5.41) is 22.3. The highest BCUT2D eigenvalue weighted by Crippen LogP contribution is 2.29. The third kappa shape index (κ3) is 3.36. The molecule has 1 aromatic carbocycles. The van der Waals surface area contributed by atoms with Crippen molar-refractivity contribution in [2.24, 2.45) is 5.41 Å². The van der Waals surface area contributed by atoms with Gasteiger partial charge >= 0.3 is 5.69 Å². The van der Waals surface area contributed by atoms with Gasteiger partial charge in [0, 0.05) is 30.7 Å². The molecule has 1 aromatic rings. The summed E-state index contributed by atoms with van der Waals surface area (Å²) in [5.74, 6) is -2.13. The minimum atomic E-state index is -1.23. The van der Waals surface area contributed by atoms with Gasteiger partial charge in [-0.05, 0) is 0 Å². The van der Waals surface area contributed by atoms with Gasteiger partial charge in [-0.15, -0.1) is 0 Å². The second-order valence-corrected chi connectivity index (χ2v) is 4.72. The number of nitro benzene ring substituents is 1. The van der Waals surface area contributed by atoms with Gasteiger partial charge in [-0.25, -0.2) is 4.39 Å². The quantitative estimate of drug-likeness (QED) is 0.629. The molecule has 0 saturated carbocycles. The molecular weight excluding hydrogens is 246 g/mol. The molecule has 18 heavy (non-hydrogen) atoms. The van der Waals surface area contributed by atoms with E-state index in [-0.39, 0.29) is 18.8 Å². The van der Waals surface area contributed by atoms with Crippen molar-refractivity contribution in [1.29, 1.82) is 0 Å². The van der Waals surface area contributed by atoms with Crippen molar-refractivity contribution in [3.63, 3.8) is 0 Å². The lowest BCUT2D eigenvalue weighted by atomic mass is 9.95. The highest BCUT2D eigenvalue weighted by atomic mass is 19.1. The van der Waals surface area contributed by atoms with Crippen LogP contribution in [0.15, 0.2) is 12.1 Å². The maximum Gasteiger partial charge on any atom is 0.327 e. The molecule has 0 aromatic heterocycles. The van der Waals surface area contributed by atoms with Gasteiger partial charge in [0.05, 0.1) is 4.92 Å². The predicted molar refractivity (Wildman–Crippen MR) is 62.4 cm³/mol. The van der Waals surface area contributed by atoms with Crippen LogP contribution in [0.1, 0.15) is 13.8 Å². The molecule has 0 heterocycles. The zero-order valence-electron chi connectivity index (χ0n) is 10.0. The molecule has 0 radical (unpaired) electrons. The van der Waals surface area contributed by atoms with E-state index in [9.17, 15) is 18.9 Å². The molecule has 0 spiro atoms. The Hall–Kier alpha value is -1.76. The molecule has 5 nitrogen and oxygen atoms in total. The molecule has 0 saturated heterocycles. The van der Waals surface area contributed by atoms with Crippen LogP contribution in [0.2, 0.25) is 0 Å². The van der Waals surface area contributed by atoms with Crippen LogP contribution >= 0.6 is 0 Å². The van der Waals surface area contributed by atoms with Crippen molar-refractivity contribution in [3.05, 3.63) is 33.9 Å². The van der Waals surface area contributed by atoms with Crippen LogP contribution < -0.4 is 5.32 Å². The molecule has 0 aliphatic carbocycles. The summed E-state index contributed by atoms with van der Waals surface area (Å²) >= 11 is 0. The van der Waals surface area contributed by atoms with Gasteiger partial charge in [0.1, 0.15) is 11.5 Å². The van der Waals surface area contributed by atoms with E-state index in [1.807, 2.05) is 0 Å². The van der Waals surface area contributed by atoms with Gasteiger partial charge in [0.15, 0.2) is 0 Å². The second kappa shape index (κ2) is 5.26. The third-order valence-electron chi connectivity index (χ3n) is 2.40. The Morgan fingerprint density at radius 1 is 1.44 bits per heavy atom. The fourth-order valence-electron chi connectivity index (χ4n) is 1.28. The first kappa shape index (κ1) is 14.3. The van der Waals surface area contributed by atoms with Gasteiger partial charge in [0.2, 0.25) is 5.82 Å². The lowest BCUT2D eigenvalue weighted by Crippen LogP contribution is -2.27. The van der Waals surface area contributed by atoms with E-state index in [0.29, 0.717) is 6.07 Å². The van der Waals surface area contributed by atoms with E-state index in [0.717, 1.165) is 6.07 Å². The van der Waals surface area contributed by atoms with Crippen LogP contribution in [0, 0.1) is 27.2 Å². The summed E-state index contributed by atoms with van der Waals surface area (Å²) in [6.07, 6.45) is 0. The molecule has 2 N–H and O–H groups in total. The number of aliphatic hydroxyl groups is 1. The average Bonchev–Trinajstić information content (AvgIpc) is 2.25. The van der Waals surface area contributed by atoms with Crippen LogP contribution in [0.4, 0.5) is 20.2 Å². The van der Waals surface area contributed by atoms with Crippen molar-refractivity contribution in [2.45, 2.75) is 13.8 Å². The van der Waals surface area contributed by atoms with Crippen molar-refractivity contribution in [3.8, 4) is 0 Å². The smallest absolute Gasteiger partial charge is 0.327 e. The van der Waals surface area contributed by atoms with E-state index in [4.69, 9.17) is 5.11 Å². The fraction of sp³-hybridized carbons (Fsp3) is 0.455. The minimum Gasteiger partial charge on any atom is -0.396 e. The standard InChI is InChI=1S/C11H14F2N2O3/c1-11(2,6-16)5-14-9-4-7(12)3-8(13)10(9)15(17)18/h3-4,14,16H,5-6H2,1-2H3. The number of nitrogens with one attached hydrogen (secondary N) is 1. The molecule has 0 fully saturated rings. The average molecular weight is 260 g/mol. The highest BCUT2D eigenvalue weighted by molar-refractivity contribution is 5.62. The summed E-state index contributed by atoms with van der Waals surface area (Å²) in [7, 11) is 0. The molecule has 0 bridgehead atoms. The van der Waals surface area contributed by atoms with Crippen LogP contribution in [-0.4, -0.2) is 23.2 Å². The number of benzene rings is 1. The summed E-state index contributed by atoms with van der Waals surface area (Å²) in [5.41, 5.74) is -1.60. The minimum absolute atomic E-state index is 0.146. The molecule has 0 aliphatic rings. The topological polar surface area (TPSA) is 75.4 Å². The molecule has 7 heteroatoms. The number of hydrogen-bond acceptors (Lipinski definition) is 4.